The van der Waals surface area contributed by atoms with Crippen LogP contribution in [0.4, 0.5) is 0 Å². The molecule has 18 heavy (non-hydrogen) atoms. The van der Waals surface area contributed by atoms with Crippen LogP contribution in [-0.2, 0) is 4.79 Å². The Balaban J connectivity index is 4.03. The number of amides is 1. The van der Waals surface area contributed by atoms with Crippen LogP contribution in [0, 0.1) is 5.92 Å². The van der Waals surface area contributed by atoms with Crippen molar-refractivity contribution in [2.75, 3.05) is 27.2 Å². The first-order valence-electron chi connectivity index (χ1n) is 6.81. The Morgan fingerprint density at radius 1 is 1.22 bits per heavy atom. The summed E-state index contributed by atoms with van der Waals surface area (Å²) in [7, 11) is 4.06. The summed E-state index contributed by atoms with van der Waals surface area (Å²) in [5.74, 6) is 0.583. The molecule has 4 nitrogen and oxygen atoms in total. The highest BCUT2D eigenvalue weighted by molar-refractivity contribution is 5.76. The van der Waals surface area contributed by atoms with E-state index in [2.05, 4.69) is 50.2 Å². The van der Waals surface area contributed by atoms with Crippen LogP contribution in [-0.4, -0.2) is 49.6 Å². The van der Waals surface area contributed by atoms with Crippen LogP contribution in [0.2, 0.25) is 0 Å². The molecule has 108 valence electrons. The van der Waals surface area contributed by atoms with Gasteiger partial charge in [-0.25, -0.2) is 0 Å². The van der Waals surface area contributed by atoms with E-state index < -0.39 is 0 Å². The van der Waals surface area contributed by atoms with Gasteiger partial charge in [0.2, 0.25) is 5.91 Å². The van der Waals surface area contributed by atoms with Gasteiger partial charge in [0.25, 0.3) is 0 Å². The number of hydrogen-bond acceptors (Lipinski definition) is 3. The Morgan fingerprint density at radius 3 is 2.17 bits per heavy atom. The molecular formula is C14H31N3O. The summed E-state index contributed by atoms with van der Waals surface area (Å²) in [5.41, 5.74) is 0.0708. The Labute approximate surface area is 113 Å². The van der Waals surface area contributed by atoms with Crippen molar-refractivity contribution >= 4 is 5.91 Å². The maximum absolute atomic E-state index is 11.9. The predicted molar refractivity (Wildman–Crippen MR) is 77.7 cm³/mol. The zero-order valence-electron chi connectivity index (χ0n) is 13.1. The quantitative estimate of drug-likeness (QED) is 0.726. The summed E-state index contributed by atoms with van der Waals surface area (Å²) in [6.07, 6.45) is 0.536. The van der Waals surface area contributed by atoms with Crippen molar-refractivity contribution < 1.29 is 4.79 Å². The lowest BCUT2D eigenvalue weighted by Gasteiger charge is -2.26. The van der Waals surface area contributed by atoms with E-state index in [4.69, 9.17) is 0 Å². The molecule has 0 aromatic heterocycles. The van der Waals surface area contributed by atoms with Gasteiger partial charge in [0, 0.05) is 31.1 Å². The van der Waals surface area contributed by atoms with Gasteiger partial charge in [-0.2, -0.15) is 0 Å². The second kappa shape index (κ2) is 7.74. The zero-order chi connectivity index (χ0) is 14.3. The molecule has 1 unspecified atom stereocenters. The molecule has 0 saturated heterocycles. The Morgan fingerprint density at radius 2 is 1.78 bits per heavy atom. The third kappa shape index (κ3) is 9.42. The van der Waals surface area contributed by atoms with E-state index in [-0.39, 0.29) is 17.5 Å². The lowest BCUT2D eigenvalue weighted by atomic mass is 10.0. The number of hydrogen-bond donors (Lipinski definition) is 2. The molecule has 0 aromatic carbocycles. The van der Waals surface area contributed by atoms with Crippen molar-refractivity contribution in [3.05, 3.63) is 0 Å². The second-order valence-corrected chi connectivity index (χ2v) is 6.61. The van der Waals surface area contributed by atoms with Gasteiger partial charge in [0.15, 0.2) is 0 Å². The Kier molecular flexibility index (Phi) is 7.48. The van der Waals surface area contributed by atoms with Crippen LogP contribution in [0.1, 0.15) is 41.0 Å². The average Bonchev–Trinajstić information content (AvgIpc) is 2.13. The van der Waals surface area contributed by atoms with Gasteiger partial charge in [-0.3, -0.25) is 4.79 Å². The highest BCUT2D eigenvalue weighted by Gasteiger charge is 2.17. The molecule has 4 heteroatoms. The van der Waals surface area contributed by atoms with Crippen molar-refractivity contribution in [3.8, 4) is 0 Å². The van der Waals surface area contributed by atoms with Crippen LogP contribution < -0.4 is 10.6 Å². The minimum absolute atomic E-state index is 0.0708. The molecule has 0 saturated carbocycles. The van der Waals surface area contributed by atoms with Crippen LogP contribution in [0.15, 0.2) is 0 Å². The summed E-state index contributed by atoms with van der Waals surface area (Å²) in [6.45, 7) is 12.2. The van der Waals surface area contributed by atoms with Gasteiger partial charge in [-0.1, -0.05) is 13.8 Å². The monoisotopic (exact) mass is 257 g/mol. The summed E-state index contributed by atoms with van der Waals surface area (Å²) in [6, 6.07) is 0.224. The van der Waals surface area contributed by atoms with Gasteiger partial charge in [-0.15, -0.1) is 0 Å². The summed E-state index contributed by atoms with van der Waals surface area (Å²) in [5, 5.41) is 6.44. The number of rotatable bonds is 7. The third-order valence-electron chi connectivity index (χ3n) is 2.72. The van der Waals surface area contributed by atoms with Crippen molar-refractivity contribution in [2.24, 2.45) is 5.92 Å². The van der Waals surface area contributed by atoms with E-state index >= 15 is 0 Å². The molecule has 0 rings (SSSR count). The first-order valence-corrected chi connectivity index (χ1v) is 6.81. The molecule has 0 fully saturated rings. The van der Waals surface area contributed by atoms with Crippen molar-refractivity contribution in [3.63, 3.8) is 0 Å². The molecule has 0 aliphatic heterocycles. The molecule has 0 spiro atoms. The third-order valence-corrected chi connectivity index (χ3v) is 2.72. The molecule has 0 aliphatic rings. The average molecular weight is 257 g/mol. The van der Waals surface area contributed by atoms with Crippen molar-refractivity contribution in [2.45, 2.75) is 52.6 Å². The number of carbonyl (C=O) groups excluding carboxylic acids is 1. The molecule has 2 N–H and O–H groups in total. The standard InChI is InChI=1S/C14H31N3O/c1-11(2)12(10-17(6)7)16-13(18)8-9-15-14(3,4)5/h11-12,15H,8-10H2,1-7H3,(H,16,18). The fraction of sp³-hybridized carbons (Fsp3) is 0.929. The maximum atomic E-state index is 11.9. The minimum atomic E-state index is 0.0708. The van der Waals surface area contributed by atoms with Crippen molar-refractivity contribution in [1.29, 1.82) is 0 Å². The molecule has 0 radical (unpaired) electrons. The van der Waals surface area contributed by atoms with Gasteiger partial charge < -0.3 is 15.5 Å². The first-order chi connectivity index (χ1) is 8.11. The van der Waals surface area contributed by atoms with Crippen LogP contribution in [0.25, 0.3) is 0 Å². The number of nitrogens with one attached hydrogen (secondary N) is 2. The molecule has 1 atom stereocenters. The van der Waals surface area contributed by atoms with Crippen LogP contribution in [0.3, 0.4) is 0 Å². The summed E-state index contributed by atoms with van der Waals surface area (Å²) < 4.78 is 0. The second-order valence-electron chi connectivity index (χ2n) is 6.61. The van der Waals surface area contributed by atoms with E-state index in [1.165, 1.54) is 0 Å². The summed E-state index contributed by atoms with van der Waals surface area (Å²) in [4.78, 5) is 14.0. The number of carbonyl (C=O) groups is 1. The van der Waals surface area contributed by atoms with Gasteiger partial charge in [-0.05, 0) is 40.8 Å². The fourth-order valence-corrected chi connectivity index (χ4v) is 1.65. The van der Waals surface area contributed by atoms with E-state index in [1.54, 1.807) is 0 Å². The highest BCUT2D eigenvalue weighted by atomic mass is 16.1. The molecule has 1 amide bonds. The van der Waals surface area contributed by atoms with Gasteiger partial charge in [0.05, 0.1) is 0 Å². The van der Waals surface area contributed by atoms with E-state index in [9.17, 15) is 4.79 Å². The fourth-order valence-electron chi connectivity index (χ4n) is 1.65. The van der Waals surface area contributed by atoms with Crippen molar-refractivity contribution in [1.82, 2.24) is 15.5 Å². The first kappa shape index (κ1) is 17.4. The lowest BCUT2D eigenvalue weighted by Crippen LogP contribution is -2.46. The van der Waals surface area contributed by atoms with E-state index in [1.807, 2.05) is 14.1 Å². The highest BCUT2D eigenvalue weighted by Crippen LogP contribution is 2.03. The van der Waals surface area contributed by atoms with E-state index in [0.717, 1.165) is 13.1 Å². The smallest absolute Gasteiger partial charge is 0.221 e. The zero-order valence-corrected chi connectivity index (χ0v) is 13.1. The normalized spacial score (nSPS) is 14.1. The molecule has 0 aromatic rings. The van der Waals surface area contributed by atoms with E-state index in [0.29, 0.717) is 12.3 Å². The Bertz CT molecular complexity index is 244. The molecule has 0 heterocycles. The van der Waals surface area contributed by atoms with Gasteiger partial charge >= 0.3 is 0 Å². The Hall–Kier alpha value is -0.610. The van der Waals surface area contributed by atoms with Crippen LogP contribution >= 0.6 is 0 Å². The number of nitrogens with zero attached hydrogens (tertiary/aromatic N) is 1. The molecule has 0 aliphatic carbocycles. The van der Waals surface area contributed by atoms with Crippen LogP contribution in [0.5, 0.6) is 0 Å². The molecular weight excluding hydrogens is 226 g/mol. The lowest BCUT2D eigenvalue weighted by molar-refractivity contribution is -0.122. The topological polar surface area (TPSA) is 44.4 Å². The maximum Gasteiger partial charge on any atom is 0.221 e. The molecule has 0 bridgehead atoms. The summed E-state index contributed by atoms with van der Waals surface area (Å²) >= 11 is 0. The predicted octanol–water partition coefficient (Wildman–Crippen LogP) is 1.47. The largest absolute Gasteiger partial charge is 0.352 e. The minimum Gasteiger partial charge on any atom is -0.352 e. The SMILES string of the molecule is CC(C)C(CN(C)C)NC(=O)CCNC(C)(C)C. The number of likely N-dealkylation sites (N-methyl/N-ethyl adjacent to an activating group) is 1. The van der Waals surface area contributed by atoms with Gasteiger partial charge in [0.1, 0.15) is 0 Å².